The highest BCUT2D eigenvalue weighted by atomic mass is 79.9. The molecule has 2 heterocycles. The van der Waals surface area contributed by atoms with Crippen molar-refractivity contribution in [3.63, 3.8) is 0 Å². The van der Waals surface area contributed by atoms with Crippen molar-refractivity contribution >= 4 is 41.4 Å². The summed E-state index contributed by atoms with van der Waals surface area (Å²) in [6.07, 6.45) is 1.15. The van der Waals surface area contributed by atoms with E-state index in [1.165, 1.54) is 29.4 Å². The molecule has 1 saturated carbocycles. The molecule has 15 nitrogen and oxygen atoms in total. The maximum absolute atomic E-state index is 14.4. The van der Waals surface area contributed by atoms with E-state index in [9.17, 15) is 34.2 Å². The van der Waals surface area contributed by atoms with Crippen LogP contribution in [0.25, 0.3) is 6.08 Å². The number of esters is 1. The highest BCUT2D eigenvalue weighted by Crippen LogP contribution is 2.50. The SMILES string of the molecule is O=C(OCc1ccccc1)C1(NP(=O)(OC[C@H]2O[C@@H](n3cc(/C=C/Br)c(=O)[nH]c3=O)CC2O)Oc2ccc([N+](=O)[O-])cc2)CCCC1. The molecule has 2 fully saturated rings. The average molecular weight is 735 g/mol. The van der Waals surface area contributed by atoms with Gasteiger partial charge < -0.3 is 19.1 Å². The first-order valence-corrected chi connectivity index (χ1v) is 17.1. The second kappa shape index (κ2) is 14.9. The summed E-state index contributed by atoms with van der Waals surface area (Å²) in [6.45, 7) is -0.519. The van der Waals surface area contributed by atoms with Gasteiger partial charge in [-0.05, 0) is 41.6 Å². The minimum Gasteiger partial charge on any atom is -0.459 e. The highest BCUT2D eigenvalue weighted by Gasteiger charge is 2.50. The van der Waals surface area contributed by atoms with Gasteiger partial charge in [-0.3, -0.25) is 33.8 Å². The molecule has 0 bridgehead atoms. The second-order valence-electron chi connectivity index (χ2n) is 11.1. The fourth-order valence-electron chi connectivity index (χ4n) is 5.42. The van der Waals surface area contributed by atoms with Crippen molar-refractivity contribution in [1.82, 2.24) is 14.6 Å². The second-order valence-corrected chi connectivity index (χ2v) is 13.3. The minimum absolute atomic E-state index is 0.0156. The van der Waals surface area contributed by atoms with Gasteiger partial charge in [0.1, 0.15) is 30.2 Å². The van der Waals surface area contributed by atoms with Crippen molar-refractivity contribution in [2.75, 3.05) is 6.61 Å². The van der Waals surface area contributed by atoms with Crippen LogP contribution < -0.4 is 20.9 Å². The highest BCUT2D eigenvalue weighted by molar-refractivity contribution is 9.11. The van der Waals surface area contributed by atoms with Gasteiger partial charge in [0.2, 0.25) is 0 Å². The van der Waals surface area contributed by atoms with Crippen LogP contribution in [0.15, 0.2) is 75.4 Å². The molecule has 1 aromatic heterocycles. The lowest BCUT2D eigenvalue weighted by Gasteiger charge is -2.32. The quantitative estimate of drug-likeness (QED) is 0.0974. The van der Waals surface area contributed by atoms with Crippen molar-refractivity contribution in [2.24, 2.45) is 0 Å². The molecule has 250 valence electrons. The number of nitrogens with zero attached hydrogens (tertiary/aromatic N) is 2. The van der Waals surface area contributed by atoms with E-state index in [-0.39, 0.29) is 42.9 Å². The van der Waals surface area contributed by atoms with Gasteiger partial charge in [0, 0.05) is 24.8 Å². The molecule has 2 unspecified atom stereocenters. The Labute approximate surface area is 276 Å². The summed E-state index contributed by atoms with van der Waals surface area (Å²) < 4.78 is 38.6. The summed E-state index contributed by atoms with van der Waals surface area (Å²) in [6, 6.07) is 13.9. The maximum Gasteiger partial charge on any atom is 0.459 e. The number of rotatable bonds is 13. The van der Waals surface area contributed by atoms with Gasteiger partial charge in [0.15, 0.2) is 0 Å². The molecular formula is C30H32BrN4O11P. The average Bonchev–Trinajstić information content (AvgIpc) is 3.67. The van der Waals surface area contributed by atoms with Crippen LogP contribution >= 0.6 is 23.7 Å². The van der Waals surface area contributed by atoms with Crippen LogP contribution in [-0.2, 0) is 30.0 Å². The first kappa shape index (κ1) is 34.4. The molecule has 1 aliphatic carbocycles. The molecule has 0 spiro atoms. The third-order valence-corrected chi connectivity index (χ3v) is 9.75. The van der Waals surface area contributed by atoms with E-state index in [0.717, 1.165) is 22.3 Å². The van der Waals surface area contributed by atoms with E-state index in [2.05, 4.69) is 26.0 Å². The van der Waals surface area contributed by atoms with Crippen LogP contribution in [0, 0.1) is 10.1 Å². The van der Waals surface area contributed by atoms with Gasteiger partial charge in [0.05, 0.1) is 23.2 Å². The molecule has 47 heavy (non-hydrogen) atoms. The number of nitrogens with one attached hydrogen (secondary N) is 2. The van der Waals surface area contributed by atoms with Crippen LogP contribution in [0.5, 0.6) is 5.75 Å². The summed E-state index contributed by atoms with van der Waals surface area (Å²) in [5.74, 6) is -0.701. The molecule has 4 atom stereocenters. The number of benzene rings is 2. The van der Waals surface area contributed by atoms with Crippen LogP contribution in [0.3, 0.4) is 0 Å². The normalized spacial score (nSPS) is 21.8. The molecular weight excluding hydrogens is 703 g/mol. The van der Waals surface area contributed by atoms with Crippen molar-refractivity contribution in [1.29, 1.82) is 0 Å². The van der Waals surface area contributed by atoms with Crippen LogP contribution in [0.1, 0.15) is 49.5 Å². The van der Waals surface area contributed by atoms with E-state index in [1.54, 1.807) is 12.1 Å². The van der Waals surface area contributed by atoms with Crippen LogP contribution in [0.4, 0.5) is 5.69 Å². The zero-order chi connectivity index (χ0) is 33.6. The number of nitro benzene ring substituents is 1. The van der Waals surface area contributed by atoms with E-state index in [4.69, 9.17) is 18.5 Å². The number of non-ortho nitro benzene ring substituents is 1. The number of hydrogen-bond donors (Lipinski definition) is 3. The molecule has 17 heteroatoms. The number of aromatic amines is 1. The van der Waals surface area contributed by atoms with Gasteiger partial charge >= 0.3 is 19.4 Å². The molecule has 1 aliphatic heterocycles. The summed E-state index contributed by atoms with van der Waals surface area (Å²) >= 11 is 3.09. The Morgan fingerprint density at radius 1 is 1.19 bits per heavy atom. The topological polar surface area (TPSA) is 201 Å². The molecule has 3 N–H and O–H groups in total. The Morgan fingerprint density at radius 2 is 1.89 bits per heavy atom. The van der Waals surface area contributed by atoms with Crippen molar-refractivity contribution in [3.05, 3.63) is 108 Å². The third-order valence-electron chi connectivity index (χ3n) is 7.85. The minimum atomic E-state index is -4.49. The molecule has 0 amide bonds. The first-order valence-electron chi connectivity index (χ1n) is 14.7. The number of H-pyrrole nitrogens is 1. The Balaban J connectivity index is 1.36. The van der Waals surface area contributed by atoms with Gasteiger partial charge in [0.25, 0.3) is 11.2 Å². The number of carbonyl (C=O) groups is 1. The summed E-state index contributed by atoms with van der Waals surface area (Å²) in [5.41, 5.74) is -2.12. The summed E-state index contributed by atoms with van der Waals surface area (Å²) in [7, 11) is -4.49. The van der Waals surface area contributed by atoms with Gasteiger partial charge in [-0.25, -0.2) is 9.36 Å². The van der Waals surface area contributed by atoms with Crippen molar-refractivity contribution in [2.45, 2.75) is 62.7 Å². The molecule has 2 aliphatic rings. The third kappa shape index (κ3) is 8.33. The molecule has 1 saturated heterocycles. The lowest BCUT2D eigenvalue weighted by Crippen LogP contribution is -2.50. The number of carbonyl (C=O) groups excluding carboxylic acids is 1. The van der Waals surface area contributed by atoms with Crippen LogP contribution in [-0.4, -0.2) is 49.9 Å². The predicted molar refractivity (Wildman–Crippen MR) is 172 cm³/mol. The van der Waals surface area contributed by atoms with Crippen molar-refractivity contribution < 1.29 is 37.9 Å². The van der Waals surface area contributed by atoms with Crippen LogP contribution in [0.2, 0.25) is 0 Å². The summed E-state index contributed by atoms with van der Waals surface area (Å²) in [5, 5.41) is 24.8. The Morgan fingerprint density at radius 3 is 2.55 bits per heavy atom. The van der Waals surface area contributed by atoms with Gasteiger partial charge in [-0.1, -0.05) is 59.1 Å². The number of aliphatic hydroxyl groups is 1. The number of ether oxygens (including phenoxy) is 2. The monoisotopic (exact) mass is 734 g/mol. The number of aromatic nitrogens is 2. The molecule has 0 radical (unpaired) electrons. The standard InChI is InChI=1S/C30H32BrN4O11P/c31-15-12-21-17-34(29(39)32-27(21)37)26-16-24(36)25(45-26)19-44-47(42,46-23-10-8-22(9-11-23)35(40)41)33-30(13-4-5-14-30)28(38)43-18-20-6-2-1-3-7-20/h1-3,6-12,15,17,24-26,36H,4-5,13-14,16,18-19H2,(H,33,42)(H,32,37,39)/b15-12+/t24?,25-,26-,47?/m1/s1. The molecule has 2 aromatic carbocycles. The molecule has 3 aromatic rings. The Bertz CT molecular complexity index is 1770. The number of halogens is 1. The zero-order valence-electron chi connectivity index (χ0n) is 24.9. The predicted octanol–water partition coefficient (Wildman–Crippen LogP) is 4.31. The van der Waals surface area contributed by atoms with E-state index >= 15 is 0 Å². The lowest BCUT2D eigenvalue weighted by molar-refractivity contribution is -0.384. The maximum atomic E-state index is 14.4. The number of hydrogen-bond acceptors (Lipinski definition) is 11. The fraction of sp³-hybridized carbons (Fsp3) is 0.367. The number of nitro groups is 1. The smallest absolute Gasteiger partial charge is 0.459 e. The fourth-order valence-corrected chi connectivity index (χ4v) is 7.45. The summed E-state index contributed by atoms with van der Waals surface area (Å²) in [4.78, 5) is 52.3. The van der Waals surface area contributed by atoms with E-state index < -0.39 is 60.5 Å². The van der Waals surface area contributed by atoms with Crippen molar-refractivity contribution in [3.8, 4) is 5.75 Å². The zero-order valence-corrected chi connectivity index (χ0v) is 27.3. The van der Waals surface area contributed by atoms with E-state index in [0.29, 0.717) is 12.8 Å². The lowest BCUT2D eigenvalue weighted by atomic mass is 10.00. The Hall–Kier alpha value is -3.92. The molecule has 5 rings (SSSR count). The Kier molecular flexibility index (Phi) is 10.9. The van der Waals surface area contributed by atoms with Gasteiger partial charge in [-0.15, -0.1) is 0 Å². The largest absolute Gasteiger partial charge is 0.459 e. The van der Waals surface area contributed by atoms with E-state index in [1.807, 2.05) is 18.2 Å². The first-order chi connectivity index (χ1) is 22.5. The van der Waals surface area contributed by atoms with Gasteiger partial charge in [-0.2, -0.15) is 5.09 Å². The number of aliphatic hydroxyl groups excluding tert-OH is 1.